The van der Waals surface area contributed by atoms with Crippen LogP contribution in [-0.2, 0) is 0 Å². The Morgan fingerprint density at radius 2 is 2.29 bits per heavy atom. The molecule has 2 aliphatic heterocycles. The van der Waals surface area contributed by atoms with E-state index in [9.17, 15) is 0 Å². The van der Waals surface area contributed by atoms with Gasteiger partial charge in [0.2, 0.25) is 6.79 Å². The Balaban J connectivity index is 2.01. The minimum absolute atomic E-state index is 0.279. The molecule has 0 amide bonds. The SMILES string of the molecule is Cc1c(C2CCCNC2)cc2c(c1Cl)OCO2. The van der Waals surface area contributed by atoms with Gasteiger partial charge in [-0.3, -0.25) is 0 Å². The van der Waals surface area contributed by atoms with Crippen molar-refractivity contribution in [2.45, 2.75) is 25.7 Å². The molecule has 1 fully saturated rings. The van der Waals surface area contributed by atoms with Crippen molar-refractivity contribution in [3.63, 3.8) is 0 Å². The lowest BCUT2D eigenvalue weighted by Gasteiger charge is -2.25. The summed E-state index contributed by atoms with van der Waals surface area (Å²) in [6.07, 6.45) is 2.43. The standard InChI is InChI=1S/C13H16ClNO2/c1-8-10(9-3-2-4-15-6-9)5-11-13(12(8)14)17-7-16-11/h5,9,15H,2-4,6-7H2,1H3. The van der Waals surface area contributed by atoms with E-state index in [2.05, 4.69) is 18.3 Å². The van der Waals surface area contributed by atoms with Crippen molar-refractivity contribution < 1.29 is 9.47 Å². The summed E-state index contributed by atoms with van der Waals surface area (Å²) in [7, 11) is 0. The topological polar surface area (TPSA) is 30.5 Å². The quantitative estimate of drug-likeness (QED) is 0.835. The average Bonchev–Trinajstić information content (AvgIpc) is 2.83. The van der Waals surface area contributed by atoms with Gasteiger partial charge in [-0.1, -0.05) is 11.6 Å². The fraction of sp³-hybridized carbons (Fsp3) is 0.538. The summed E-state index contributed by atoms with van der Waals surface area (Å²) in [5, 5.41) is 4.14. The number of fused-ring (bicyclic) bond motifs is 1. The molecule has 4 heteroatoms. The number of ether oxygens (including phenoxy) is 2. The van der Waals surface area contributed by atoms with E-state index in [0.717, 1.165) is 24.4 Å². The van der Waals surface area contributed by atoms with Gasteiger partial charge < -0.3 is 14.8 Å². The van der Waals surface area contributed by atoms with Crippen molar-refractivity contribution in [3.05, 3.63) is 22.2 Å². The van der Waals surface area contributed by atoms with E-state index >= 15 is 0 Å². The van der Waals surface area contributed by atoms with Crippen LogP contribution in [0.15, 0.2) is 6.07 Å². The van der Waals surface area contributed by atoms with E-state index in [4.69, 9.17) is 21.1 Å². The number of hydrogen-bond acceptors (Lipinski definition) is 3. The summed E-state index contributed by atoms with van der Waals surface area (Å²) >= 11 is 6.34. The molecule has 1 aromatic carbocycles. The van der Waals surface area contributed by atoms with E-state index in [1.165, 1.54) is 18.4 Å². The van der Waals surface area contributed by atoms with E-state index in [1.807, 2.05) is 0 Å². The summed E-state index contributed by atoms with van der Waals surface area (Å²) in [5.41, 5.74) is 2.43. The van der Waals surface area contributed by atoms with Gasteiger partial charge in [0.05, 0.1) is 5.02 Å². The van der Waals surface area contributed by atoms with Crippen molar-refractivity contribution in [1.29, 1.82) is 0 Å². The molecule has 1 saturated heterocycles. The van der Waals surface area contributed by atoms with Crippen LogP contribution < -0.4 is 14.8 Å². The first-order chi connectivity index (χ1) is 8.27. The third-order valence-corrected chi connectivity index (χ3v) is 4.08. The van der Waals surface area contributed by atoms with Gasteiger partial charge in [-0.05, 0) is 49.4 Å². The monoisotopic (exact) mass is 253 g/mol. The first-order valence-electron chi connectivity index (χ1n) is 6.06. The Morgan fingerprint density at radius 3 is 3.06 bits per heavy atom. The van der Waals surface area contributed by atoms with Crippen molar-refractivity contribution in [2.75, 3.05) is 19.9 Å². The molecule has 3 rings (SSSR count). The van der Waals surface area contributed by atoms with Crippen molar-refractivity contribution in [2.24, 2.45) is 0 Å². The molecular weight excluding hydrogens is 238 g/mol. The molecule has 0 radical (unpaired) electrons. The Kier molecular flexibility index (Phi) is 2.89. The van der Waals surface area contributed by atoms with Crippen molar-refractivity contribution in [1.82, 2.24) is 5.32 Å². The lowest BCUT2D eigenvalue weighted by atomic mass is 9.88. The van der Waals surface area contributed by atoms with Gasteiger partial charge in [0.25, 0.3) is 0 Å². The van der Waals surface area contributed by atoms with E-state index in [1.54, 1.807) is 0 Å². The minimum atomic E-state index is 0.279. The van der Waals surface area contributed by atoms with Gasteiger partial charge in [0.15, 0.2) is 11.5 Å². The maximum absolute atomic E-state index is 6.34. The highest BCUT2D eigenvalue weighted by Gasteiger charge is 2.25. The number of piperidine rings is 1. The molecule has 17 heavy (non-hydrogen) atoms. The number of nitrogens with one attached hydrogen (secondary N) is 1. The summed E-state index contributed by atoms with van der Waals surface area (Å²) in [5.74, 6) is 2.04. The Labute approximate surface area is 106 Å². The third kappa shape index (κ3) is 1.87. The molecule has 1 N–H and O–H groups in total. The largest absolute Gasteiger partial charge is 0.454 e. The summed E-state index contributed by atoms with van der Waals surface area (Å²) in [6.45, 7) is 4.49. The minimum Gasteiger partial charge on any atom is -0.454 e. The first kappa shape index (κ1) is 11.2. The number of halogens is 1. The predicted octanol–water partition coefficient (Wildman–Crippen LogP) is 2.84. The highest BCUT2D eigenvalue weighted by Crippen LogP contribution is 2.44. The summed E-state index contributed by atoms with van der Waals surface area (Å²) in [6, 6.07) is 2.10. The van der Waals surface area contributed by atoms with E-state index in [0.29, 0.717) is 16.7 Å². The summed E-state index contributed by atoms with van der Waals surface area (Å²) < 4.78 is 10.8. The van der Waals surface area contributed by atoms with Crippen LogP contribution in [0.3, 0.4) is 0 Å². The Bertz CT molecular complexity index is 442. The molecule has 2 heterocycles. The molecule has 3 nitrogen and oxygen atoms in total. The molecular formula is C13H16ClNO2. The molecule has 0 bridgehead atoms. The second-order valence-corrected chi connectivity index (χ2v) is 5.06. The Hall–Kier alpha value is -0.930. The zero-order chi connectivity index (χ0) is 11.8. The third-order valence-electron chi connectivity index (χ3n) is 3.63. The highest BCUT2D eigenvalue weighted by atomic mass is 35.5. The molecule has 1 unspecified atom stereocenters. The second-order valence-electron chi connectivity index (χ2n) is 4.68. The van der Waals surface area contributed by atoms with Crippen molar-refractivity contribution in [3.8, 4) is 11.5 Å². The van der Waals surface area contributed by atoms with Crippen molar-refractivity contribution >= 4 is 11.6 Å². The van der Waals surface area contributed by atoms with Crippen LogP contribution in [0.4, 0.5) is 0 Å². The van der Waals surface area contributed by atoms with Gasteiger partial charge in [-0.2, -0.15) is 0 Å². The van der Waals surface area contributed by atoms with Gasteiger partial charge in [0, 0.05) is 6.54 Å². The molecule has 0 aromatic heterocycles. The number of rotatable bonds is 1. The van der Waals surface area contributed by atoms with Crippen LogP contribution in [0.1, 0.15) is 29.9 Å². The molecule has 1 aromatic rings. The lowest BCUT2D eigenvalue weighted by Crippen LogP contribution is -2.28. The smallest absolute Gasteiger partial charge is 0.231 e. The molecule has 0 saturated carbocycles. The van der Waals surface area contributed by atoms with E-state index in [-0.39, 0.29) is 6.79 Å². The second kappa shape index (κ2) is 4.39. The zero-order valence-corrected chi connectivity index (χ0v) is 10.6. The maximum atomic E-state index is 6.34. The number of hydrogen-bond donors (Lipinski definition) is 1. The zero-order valence-electron chi connectivity index (χ0n) is 9.88. The van der Waals surface area contributed by atoms with Gasteiger partial charge in [-0.25, -0.2) is 0 Å². The fourth-order valence-electron chi connectivity index (χ4n) is 2.66. The average molecular weight is 254 g/mol. The van der Waals surface area contributed by atoms with Gasteiger partial charge >= 0.3 is 0 Å². The van der Waals surface area contributed by atoms with Crippen LogP contribution in [-0.4, -0.2) is 19.9 Å². The van der Waals surface area contributed by atoms with Crippen LogP contribution in [0.25, 0.3) is 0 Å². The highest BCUT2D eigenvalue weighted by molar-refractivity contribution is 6.33. The Morgan fingerprint density at radius 1 is 1.41 bits per heavy atom. The number of benzene rings is 1. The molecule has 92 valence electrons. The predicted molar refractivity (Wildman–Crippen MR) is 67.2 cm³/mol. The summed E-state index contributed by atoms with van der Waals surface area (Å²) in [4.78, 5) is 0. The van der Waals surface area contributed by atoms with Crippen LogP contribution in [0, 0.1) is 6.92 Å². The molecule has 0 aliphatic carbocycles. The van der Waals surface area contributed by atoms with E-state index < -0.39 is 0 Å². The lowest BCUT2D eigenvalue weighted by molar-refractivity contribution is 0.174. The van der Waals surface area contributed by atoms with Crippen LogP contribution >= 0.6 is 11.6 Å². The molecule has 0 spiro atoms. The van der Waals surface area contributed by atoms with Crippen LogP contribution in [0.2, 0.25) is 5.02 Å². The molecule has 2 aliphatic rings. The van der Waals surface area contributed by atoms with Gasteiger partial charge in [0.1, 0.15) is 0 Å². The fourth-order valence-corrected chi connectivity index (χ4v) is 2.91. The van der Waals surface area contributed by atoms with Crippen LogP contribution in [0.5, 0.6) is 11.5 Å². The maximum Gasteiger partial charge on any atom is 0.231 e. The normalized spacial score (nSPS) is 22.8. The first-order valence-corrected chi connectivity index (χ1v) is 6.44. The molecule has 1 atom stereocenters. The van der Waals surface area contributed by atoms with Gasteiger partial charge in [-0.15, -0.1) is 0 Å².